The summed E-state index contributed by atoms with van der Waals surface area (Å²) >= 11 is 0. The quantitative estimate of drug-likeness (QED) is 0.178. The van der Waals surface area contributed by atoms with Gasteiger partial charge in [0, 0.05) is 5.41 Å². The molecule has 0 aliphatic heterocycles. The number of rotatable bonds is 7. The third-order valence-corrected chi connectivity index (χ3v) is 12.6. The second-order valence-electron chi connectivity index (χ2n) is 16.8. The average Bonchev–Trinajstić information content (AvgIpc) is 3.26. The van der Waals surface area contributed by atoms with Crippen molar-refractivity contribution in [1.82, 2.24) is 0 Å². The molecule has 0 saturated heterocycles. The predicted octanol–water partition coefficient (Wildman–Crippen LogP) is 9.24. The van der Waals surface area contributed by atoms with E-state index in [4.69, 9.17) is 14.2 Å². The first-order chi connectivity index (χ1) is 22.3. The third kappa shape index (κ3) is 9.21. The van der Waals surface area contributed by atoms with Gasteiger partial charge >= 0.3 is 0 Å². The Bertz CT molecular complexity index is 1570. The Kier molecular flexibility index (Phi) is 10.8. The van der Waals surface area contributed by atoms with Gasteiger partial charge in [-0.2, -0.15) is 0 Å². The van der Waals surface area contributed by atoms with Gasteiger partial charge in [0.25, 0.3) is 0 Å². The van der Waals surface area contributed by atoms with Crippen molar-refractivity contribution in [3.63, 3.8) is 0 Å². The van der Waals surface area contributed by atoms with Crippen molar-refractivity contribution in [2.75, 3.05) is 0 Å². The highest BCUT2D eigenvalue weighted by atomic mass is 32.2. The van der Waals surface area contributed by atoms with Gasteiger partial charge in [-0.1, -0.05) is 20.8 Å². The fourth-order valence-corrected chi connectivity index (χ4v) is 10.2. The van der Waals surface area contributed by atoms with E-state index < -0.39 is 20.8 Å². The summed E-state index contributed by atoms with van der Waals surface area (Å²) in [6.07, 6.45) is 1.37. The molecule has 0 aromatic heterocycles. The fraction of sp³-hybridized carbons (Fsp3) is 0.525. The minimum Gasteiger partial charge on any atom is -0.747 e. The molecule has 2 aliphatic carbocycles. The molecule has 3 atom stereocenters. The lowest BCUT2D eigenvalue weighted by Crippen LogP contribution is -2.38. The van der Waals surface area contributed by atoms with Crippen LogP contribution in [0.5, 0.6) is 17.2 Å². The van der Waals surface area contributed by atoms with Crippen molar-refractivity contribution >= 4 is 26.8 Å². The number of hydrogen-bond donors (Lipinski definition) is 0. The molecule has 0 N–H and O–H groups in total. The zero-order valence-electron chi connectivity index (χ0n) is 31.2. The molecule has 3 aromatic rings. The van der Waals surface area contributed by atoms with E-state index in [1.807, 2.05) is 13.8 Å². The molecule has 0 radical (unpaired) electrons. The van der Waals surface area contributed by atoms with E-state index in [-0.39, 0.29) is 44.8 Å². The number of hydrogen-bond acceptors (Lipinski definition) is 7. The number of carbonyl (C=O) groups is 1. The van der Waals surface area contributed by atoms with E-state index in [0.29, 0.717) is 12.8 Å². The molecule has 2 bridgehead atoms. The lowest BCUT2D eigenvalue weighted by molar-refractivity contribution is -0.128. The molecule has 49 heavy (non-hydrogen) atoms. The molecule has 3 unspecified atom stereocenters. The van der Waals surface area contributed by atoms with E-state index in [1.54, 1.807) is 6.92 Å². The Hall–Kier alpha value is -3.01. The van der Waals surface area contributed by atoms with Gasteiger partial charge in [0.15, 0.2) is 20.5 Å². The Morgan fingerprint density at radius 3 is 1.14 bits per heavy atom. The van der Waals surface area contributed by atoms with Crippen LogP contribution in [0.25, 0.3) is 0 Å². The zero-order chi connectivity index (χ0) is 36.8. The van der Waals surface area contributed by atoms with Crippen LogP contribution < -0.4 is 14.2 Å². The summed E-state index contributed by atoms with van der Waals surface area (Å²) in [5.41, 5.74) is -1.68. The number of carbonyl (C=O) groups excluding carboxylic acids is 1. The van der Waals surface area contributed by atoms with Gasteiger partial charge in [-0.25, -0.2) is 8.42 Å². The first kappa shape index (κ1) is 38.8. The van der Waals surface area contributed by atoms with E-state index in [2.05, 4.69) is 135 Å². The first-order valence-electron chi connectivity index (χ1n) is 16.9. The molecule has 3 aromatic carbocycles. The number of Topliss-reactive ketones (excluding diaryl/α,β-unsaturated/α-hetero) is 1. The van der Waals surface area contributed by atoms with Gasteiger partial charge in [0.05, 0.1) is 10.9 Å². The molecule has 0 heterocycles. The maximum absolute atomic E-state index is 12.0. The van der Waals surface area contributed by atoms with Crippen molar-refractivity contribution in [3.8, 4) is 17.2 Å². The maximum atomic E-state index is 12.0. The van der Waals surface area contributed by atoms with Crippen molar-refractivity contribution in [2.24, 2.45) is 16.7 Å². The van der Waals surface area contributed by atoms with Crippen molar-refractivity contribution < 1.29 is 32.0 Å². The first-order valence-corrected chi connectivity index (χ1v) is 19.6. The third-order valence-electron chi connectivity index (χ3n) is 9.23. The van der Waals surface area contributed by atoms with Gasteiger partial charge in [0.1, 0.15) is 49.4 Å². The Morgan fingerprint density at radius 2 is 0.939 bits per heavy atom. The molecule has 5 rings (SSSR count). The summed E-state index contributed by atoms with van der Waals surface area (Å²) < 4.78 is 51.4. The van der Waals surface area contributed by atoms with Crippen LogP contribution in [0.3, 0.4) is 0 Å². The van der Waals surface area contributed by atoms with Crippen LogP contribution in [0, 0.1) is 16.7 Å². The Morgan fingerprint density at radius 1 is 0.633 bits per heavy atom. The van der Waals surface area contributed by atoms with Gasteiger partial charge in [-0.05, 0) is 159 Å². The summed E-state index contributed by atoms with van der Waals surface area (Å²) in [6, 6.07) is 25.4. The van der Waals surface area contributed by atoms with Crippen molar-refractivity contribution in [3.05, 3.63) is 72.8 Å². The van der Waals surface area contributed by atoms with Gasteiger partial charge < -0.3 is 18.8 Å². The molecule has 2 aliphatic rings. The predicted molar refractivity (Wildman–Crippen MR) is 196 cm³/mol. The molecule has 7 nitrogen and oxygen atoms in total. The smallest absolute Gasteiger partial charge is 0.166 e. The Balaban J connectivity index is 0.000000299. The topological polar surface area (TPSA) is 102 Å². The van der Waals surface area contributed by atoms with Crippen LogP contribution in [0.2, 0.25) is 0 Å². The zero-order valence-corrected chi connectivity index (χ0v) is 32.8. The average molecular weight is 711 g/mol. The second kappa shape index (κ2) is 13.6. The van der Waals surface area contributed by atoms with Gasteiger partial charge in [-0.15, -0.1) is 0 Å². The highest BCUT2D eigenvalue weighted by Gasteiger charge is 2.67. The normalized spacial score (nSPS) is 22.0. The molecule has 9 heteroatoms. The monoisotopic (exact) mass is 710 g/mol. The van der Waals surface area contributed by atoms with Crippen LogP contribution in [0.1, 0.15) is 95.9 Å². The van der Waals surface area contributed by atoms with E-state index in [9.17, 15) is 17.8 Å². The molecule has 0 spiro atoms. The molecular weight excluding hydrogens is 657 g/mol. The van der Waals surface area contributed by atoms with Gasteiger partial charge in [0.2, 0.25) is 0 Å². The van der Waals surface area contributed by atoms with Crippen LogP contribution >= 0.6 is 0 Å². The second-order valence-corrected chi connectivity index (χ2v) is 20.4. The Labute approximate surface area is 297 Å². The van der Waals surface area contributed by atoms with Crippen LogP contribution in [0.4, 0.5) is 0 Å². The lowest BCUT2D eigenvalue weighted by Gasteiger charge is -2.32. The van der Waals surface area contributed by atoms with E-state index in [1.165, 1.54) is 14.7 Å². The minimum absolute atomic E-state index is 0.227. The van der Waals surface area contributed by atoms with Crippen LogP contribution in [0.15, 0.2) is 87.5 Å². The van der Waals surface area contributed by atoms with Crippen LogP contribution in [-0.2, 0) is 25.8 Å². The molecular formula is C40H54O7S2. The summed E-state index contributed by atoms with van der Waals surface area (Å²) in [5, 5.41) is -1.30. The van der Waals surface area contributed by atoms with Crippen molar-refractivity contribution in [1.29, 1.82) is 0 Å². The number of fused-ring (bicyclic) bond motifs is 2. The largest absolute Gasteiger partial charge is 0.747 e. The summed E-state index contributed by atoms with van der Waals surface area (Å²) in [7, 11) is -4.77. The van der Waals surface area contributed by atoms with Gasteiger partial charge in [-0.3, -0.25) is 4.79 Å². The summed E-state index contributed by atoms with van der Waals surface area (Å²) in [5.74, 6) is 1.98. The lowest BCUT2D eigenvalue weighted by atomic mass is 9.70. The summed E-state index contributed by atoms with van der Waals surface area (Å²) in [4.78, 5) is 15.7. The van der Waals surface area contributed by atoms with Crippen molar-refractivity contribution in [2.45, 2.75) is 133 Å². The SMILES string of the molecule is CC(C)(C)Oc1ccc([S+](c2ccc(OC(C)(C)C)cc2)c2ccc(OC(C)(C)C)cc2)cc1.CC12CCC(C(S(=O)(=O)[O-])C1=O)C2(C)C. The highest BCUT2D eigenvalue weighted by Crippen LogP contribution is 2.64. The standard InChI is InChI=1S/C30H39O3S.C10H16O4S/c1-28(2,3)31-22-10-16-25(17-11-22)34(26-18-12-23(13-19-26)32-29(4,5)6)27-20-14-24(15-21-27)33-30(7,8)9;1-9(2)6-4-5-10(9,3)8(11)7(6)15(12,13)14/h10-21H,1-9H3;6-7H,4-5H2,1-3H3,(H,12,13,14)/q+1;/p-1. The number of benzene rings is 3. The fourth-order valence-electron chi connectivity index (χ4n) is 6.74. The molecule has 0 amide bonds. The molecule has 2 saturated carbocycles. The number of ketones is 1. The molecule has 268 valence electrons. The van der Waals surface area contributed by atoms with E-state index in [0.717, 1.165) is 17.2 Å². The number of ether oxygens (including phenoxy) is 3. The maximum Gasteiger partial charge on any atom is 0.166 e. The molecule has 2 fully saturated rings. The summed E-state index contributed by atoms with van der Waals surface area (Å²) in [6.45, 7) is 24.2. The van der Waals surface area contributed by atoms with E-state index >= 15 is 0 Å². The highest BCUT2D eigenvalue weighted by molar-refractivity contribution is 7.97. The minimum atomic E-state index is -4.49. The van der Waals surface area contributed by atoms with Crippen LogP contribution in [-0.4, -0.2) is 40.8 Å².